The summed E-state index contributed by atoms with van der Waals surface area (Å²) in [7, 11) is 1.79. The second-order valence-electron chi connectivity index (χ2n) is 6.58. The molecule has 3 aromatic rings. The Kier molecular flexibility index (Phi) is 5.32. The van der Waals surface area contributed by atoms with Gasteiger partial charge in [-0.15, -0.1) is 0 Å². The van der Waals surface area contributed by atoms with Gasteiger partial charge < -0.3 is 10.2 Å². The fourth-order valence-electron chi connectivity index (χ4n) is 2.96. The highest BCUT2D eigenvalue weighted by Crippen LogP contribution is 2.20. The highest BCUT2D eigenvalue weighted by molar-refractivity contribution is 5.93. The zero-order chi connectivity index (χ0) is 18.5. The minimum Gasteiger partial charge on any atom is -0.355 e. The summed E-state index contributed by atoms with van der Waals surface area (Å²) in [5, 5.41) is 3.36. The largest absolute Gasteiger partial charge is 0.355 e. The van der Waals surface area contributed by atoms with Gasteiger partial charge in [0.2, 0.25) is 0 Å². The van der Waals surface area contributed by atoms with Crippen LogP contribution in [0.5, 0.6) is 0 Å². The average molecular weight is 345 g/mol. The van der Waals surface area contributed by atoms with E-state index in [1.807, 2.05) is 36.4 Å². The third-order valence-corrected chi connectivity index (χ3v) is 4.10. The van der Waals surface area contributed by atoms with Crippen molar-refractivity contribution in [2.75, 3.05) is 12.4 Å². The van der Waals surface area contributed by atoms with Crippen LogP contribution in [0.25, 0.3) is 0 Å². The number of nitrogens with zero attached hydrogens (tertiary/aromatic N) is 2. The Balaban J connectivity index is 1.74. The van der Waals surface area contributed by atoms with Crippen molar-refractivity contribution in [1.82, 2.24) is 9.88 Å². The van der Waals surface area contributed by atoms with Crippen LogP contribution in [-0.4, -0.2) is 22.8 Å². The monoisotopic (exact) mass is 345 g/mol. The summed E-state index contributed by atoms with van der Waals surface area (Å²) in [5.41, 5.74) is 5.76. The van der Waals surface area contributed by atoms with Gasteiger partial charge in [0.25, 0.3) is 5.91 Å². The van der Waals surface area contributed by atoms with Crippen LogP contribution in [0.2, 0.25) is 0 Å². The maximum Gasteiger partial charge on any atom is 0.272 e. The molecule has 1 heterocycles. The van der Waals surface area contributed by atoms with Gasteiger partial charge in [0.1, 0.15) is 5.69 Å². The quantitative estimate of drug-likeness (QED) is 0.728. The Morgan fingerprint density at radius 1 is 0.962 bits per heavy atom. The SMILES string of the molecule is Cc1cc(C)cc(Nc2ccnc(C(=O)N(C)Cc3ccccc3)c2)c1. The number of carbonyl (C=O) groups excluding carboxylic acids is 1. The van der Waals surface area contributed by atoms with Crippen LogP contribution in [0.3, 0.4) is 0 Å². The first kappa shape index (κ1) is 17.7. The van der Waals surface area contributed by atoms with Gasteiger partial charge in [0.05, 0.1) is 0 Å². The lowest BCUT2D eigenvalue weighted by atomic mass is 10.1. The molecule has 2 aromatic carbocycles. The molecule has 4 nitrogen and oxygen atoms in total. The van der Waals surface area contributed by atoms with E-state index in [9.17, 15) is 4.79 Å². The van der Waals surface area contributed by atoms with Crippen molar-refractivity contribution >= 4 is 17.3 Å². The number of carbonyl (C=O) groups is 1. The molecule has 0 spiro atoms. The van der Waals surface area contributed by atoms with Crippen molar-refractivity contribution in [3.8, 4) is 0 Å². The second kappa shape index (κ2) is 7.83. The first-order valence-electron chi connectivity index (χ1n) is 8.62. The standard InChI is InChI=1S/C22H23N3O/c1-16-11-17(2)13-20(12-16)24-19-9-10-23-21(14-19)22(26)25(3)15-18-7-5-4-6-8-18/h4-14H,15H2,1-3H3,(H,23,24). The predicted molar refractivity (Wildman–Crippen MR) is 106 cm³/mol. The Hall–Kier alpha value is -3.14. The molecule has 0 unspecified atom stereocenters. The van der Waals surface area contributed by atoms with Gasteiger partial charge in [-0.3, -0.25) is 9.78 Å². The lowest BCUT2D eigenvalue weighted by Crippen LogP contribution is -2.27. The summed E-state index contributed by atoms with van der Waals surface area (Å²) in [6, 6.07) is 19.9. The zero-order valence-corrected chi connectivity index (χ0v) is 15.4. The van der Waals surface area contributed by atoms with E-state index in [1.165, 1.54) is 11.1 Å². The fraction of sp³-hybridized carbons (Fsp3) is 0.182. The summed E-state index contributed by atoms with van der Waals surface area (Å²) in [5.74, 6) is -0.0991. The Labute approximate surface area is 154 Å². The summed E-state index contributed by atoms with van der Waals surface area (Å²) in [6.07, 6.45) is 1.66. The van der Waals surface area contributed by atoms with Crippen molar-refractivity contribution in [2.24, 2.45) is 0 Å². The van der Waals surface area contributed by atoms with Crippen LogP contribution in [0.1, 0.15) is 27.2 Å². The molecule has 0 radical (unpaired) electrons. The number of hydrogen-bond donors (Lipinski definition) is 1. The van der Waals surface area contributed by atoms with E-state index in [0.29, 0.717) is 12.2 Å². The maximum absolute atomic E-state index is 12.7. The normalized spacial score (nSPS) is 10.4. The minimum atomic E-state index is -0.0991. The first-order valence-corrected chi connectivity index (χ1v) is 8.62. The summed E-state index contributed by atoms with van der Waals surface area (Å²) in [4.78, 5) is 18.6. The number of nitrogens with one attached hydrogen (secondary N) is 1. The molecule has 0 aliphatic heterocycles. The van der Waals surface area contributed by atoms with Crippen molar-refractivity contribution in [1.29, 1.82) is 0 Å². The smallest absolute Gasteiger partial charge is 0.272 e. The van der Waals surface area contributed by atoms with Crippen LogP contribution >= 0.6 is 0 Å². The number of aromatic nitrogens is 1. The molecule has 0 aliphatic rings. The van der Waals surface area contributed by atoms with E-state index in [1.54, 1.807) is 24.2 Å². The third-order valence-electron chi connectivity index (χ3n) is 4.10. The summed E-state index contributed by atoms with van der Waals surface area (Å²) >= 11 is 0. The molecule has 4 heteroatoms. The van der Waals surface area contributed by atoms with Gasteiger partial charge in [-0.1, -0.05) is 36.4 Å². The Morgan fingerprint density at radius 3 is 2.35 bits per heavy atom. The van der Waals surface area contributed by atoms with Gasteiger partial charge in [0, 0.05) is 31.2 Å². The highest BCUT2D eigenvalue weighted by Gasteiger charge is 2.14. The topological polar surface area (TPSA) is 45.2 Å². The molecule has 0 atom stereocenters. The lowest BCUT2D eigenvalue weighted by molar-refractivity contribution is 0.0779. The molecule has 26 heavy (non-hydrogen) atoms. The molecule has 0 bridgehead atoms. The minimum absolute atomic E-state index is 0.0991. The van der Waals surface area contributed by atoms with Crippen LogP contribution in [0, 0.1) is 13.8 Å². The molecule has 0 saturated heterocycles. The van der Waals surface area contributed by atoms with Crippen molar-refractivity contribution < 1.29 is 4.79 Å². The molecule has 132 valence electrons. The number of anilines is 2. The molecule has 0 fully saturated rings. The molecule has 3 rings (SSSR count). The zero-order valence-electron chi connectivity index (χ0n) is 15.4. The van der Waals surface area contributed by atoms with Gasteiger partial charge in [-0.05, 0) is 54.8 Å². The van der Waals surface area contributed by atoms with Crippen LogP contribution in [0.4, 0.5) is 11.4 Å². The number of aryl methyl sites for hydroxylation is 2. The van der Waals surface area contributed by atoms with E-state index in [4.69, 9.17) is 0 Å². The summed E-state index contributed by atoms with van der Waals surface area (Å²) in [6.45, 7) is 4.69. The first-order chi connectivity index (χ1) is 12.5. The molecular weight excluding hydrogens is 322 g/mol. The van der Waals surface area contributed by atoms with Gasteiger partial charge in [-0.2, -0.15) is 0 Å². The van der Waals surface area contributed by atoms with Crippen molar-refractivity contribution in [3.05, 3.63) is 89.2 Å². The van der Waals surface area contributed by atoms with E-state index in [0.717, 1.165) is 16.9 Å². The highest BCUT2D eigenvalue weighted by atomic mass is 16.2. The van der Waals surface area contributed by atoms with E-state index >= 15 is 0 Å². The van der Waals surface area contributed by atoms with Crippen LogP contribution < -0.4 is 5.32 Å². The number of rotatable bonds is 5. The molecular formula is C22H23N3O. The number of amides is 1. The van der Waals surface area contributed by atoms with Gasteiger partial charge in [0.15, 0.2) is 0 Å². The number of hydrogen-bond acceptors (Lipinski definition) is 3. The van der Waals surface area contributed by atoms with Crippen LogP contribution in [-0.2, 0) is 6.54 Å². The van der Waals surface area contributed by atoms with Gasteiger partial charge in [-0.25, -0.2) is 0 Å². The van der Waals surface area contributed by atoms with E-state index < -0.39 is 0 Å². The van der Waals surface area contributed by atoms with E-state index in [2.05, 4.69) is 42.3 Å². The van der Waals surface area contributed by atoms with Gasteiger partial charge >= 0.3 is 0 Å². The maximum atomic E-state index is 12.7. The third kappa shape index (κ3) is 4.48. The molecule has 1 aromatic heterocycles. The molecule has 0 saturated carbocycles. The average Bonchev–Trinajstić information content (AvgIpc) is 2.61. The number of benzene rings is 2. The lowest BCUT2D eigenvalue weighted by Gasteiger charge is -2.17. The van der Waals surface area contributed by atoms with E-state index in [-0.39, 0.29) is 5.91 Å². The Bertz CT molecular complexity index is 886. The molecule has 1 N–H and O–H groups in total. The summed E-state index contributed by atoms with van der Waals surface area (Å²) < 4.78 is 0. The molecule has 1 amide bonds. The van der Waals surface area contributed by atoms with Crippen molar-refractivity contribution in [3.63, 3.8) is 0 Å². The fourth-order valence-corrected chi connectivity index (χ4v) is 2.96. The van der Waals surface area contributed by atoms with Crippen molar-refractivity contribution in [2.45, 2.75) is 20.4 Å². The predicted octanol–water partition coefficient (Wildman–Crippen LogP) is 4.71. The number of pyridine rings is 1. The second-order valence-corrected chi connectivity index (χ2v) is 6.58. The van der Waals surface area contributed by atoms with Crippen LogP contribution in [0.15, 0.2) is 66.9 Å². The molecule has 0 aliphatic carbocycles. The Morgan fingerprint density at radius 2 is 1.65 bits per heavy atom.